The van der Waals surface area contributed by atoms with Gasteiger partial charge in [0.1, 0.15) is 12.6 Å². The molecule has 1 N–H and O–H groups in total. The Balaban J connectivity index is 2.70. The maximum Gasteiger partial charge on any atom is 0.406 e. The number of alkyl halides is 3. The van der Waals surface area contributed by atoms with E-state index in [4.69, 9.17) is 0 Å². The fourth-order valence-corrected chi connectivity index (χ4v) is 1.00. The molecule has 0 saturated carbocycles. The number of carbonyl (C=O) groups excluding carboxylic acids is 2. The molecule has 0 radical (unpaired) electrons. The summed E-state index contributed by atoms with van der Waals surface area (Å²) in [6, 6.07) is -2.04. The van der Waals surface area contributed by atoms with Crippen molar-refractivity contribution in [1.29, 1.82) is 0 Å². The molecule has 0 aromatic heterocycles. The molecular formula is C6H7F3N2O2. The number of amides is 3. The van der Waals surface area contributed by atoms with Crippen LogP contribution in [0.3, 0.4) is 0 Å². The van der Waals surface area contributed by atoms with Crippen molar-refractivity contribution in [2.24, 2.45) is 0 Å². The number of nitrogens with zero attached hydrogens (tertiary/aromatic N) is 1. The van der Waals surface area contributed by atoms with Gasteiger partial charge in [-0.25, -0.2) is 4.79 Å². The highest BCUT2D eigenvalue weighted by atomic mass is 19.4. The Bertz CT molecular complexity index is 251. The minimum absolute atomic E-state index is 0.447. The topological polar surface area (TPSA) is 49.4 Å². The maximum absolute atomic E-state index is 11.8. The molecule has 1 aliphatic rings. The monoisotopic (exact) mass is 196 g/mol. The van der Waals surface area contributed by atoms with E-state index in [2.05, 4.69) is 0 Å². The van der Waals surface area contributed by atoms with Crippen molar-refractivity contribution >= 4 is 11.9 Å². The molecule has 1 saturated heterocycles. The van der Waals surface area contributed by atoms with E-state index in [1.54, 1.807) is 5.32 Å². The van der Waals surface area contributed by atoms with Crippen LogP contribution >= 0.6 is 0 Å². The highest BCUT2D eigenvalue weighted by Gasteiger charge is 2.42. The summed E-state index contributed by atoms with van der Waals surface area (Å²) in [5, 5.41) is 1.79. The van der Waals surface area contributed by atoms with Gasteiger partial charge >= 0.3 is 12.2 Å². The quantitative estimate of drug-likeness (QED) is 0.620. The van der Waals surface area contributed by atoms with Crippen molar-refractivity contribution in [2.45, 2.75) is 19.1 Å². The molecule has 0 aliphatic carbocycles. The molecule has 1 fully saturated rings. The maximum atomic E-state index is 11.8. The van der Waals surface area contributed by atoms with Crippen LogP contribution in [0.2, 0.25) is 0 Å². The summed E-state index contributed by atoms with van der Waals surface area (Å²) < 4.78 is 35.5. The van der Waals surface area contributed by atoms with Crippen LogP contribution in [-0.4, -0.2) is 35.6 Å². The van der Waals surface area contributed by atoms with Gasteiger partial charge in [0, 0.05) is 0 Å². The molecule has 3 amide bonds. The smallest absolute Gasteiger partial charge is 0.304 e. The number of hydrogen-bond donors (Lipinski definition) is 1. The molecule has 0 aromatic carbocycles. The second-order valence-electron chi connectivity index (χ2n) is 2.71. The van der Waals surface area contributed by atoms with E-state index in [1.165, 1.54) is 6.92 Å². The first kappa shape index (κ1) is 9.82. The molecule has 0 spiro atoms. The van der Waals surface area contributed by atoms with Gasteiger partial charge in [-0.3, -0.25) is 10.1 Å². The summed E-state index contributed by atoms with van der Waals surface area (Å²) >= 11 is 0. The summed E-state index contributed by atoms with van der Waals surface area (Å²) in [6.45, 7) is -0.155. The van der Waals surface area contributed by atoms with Gasteiger partial charge in [0.2, 0.25) is 0 Å². The number of rotatable bonds is 1. The summed E-state index contributed by atoms with van der Waals surface area (Å²) in [7, 11) is 0. The van der Waals surface area contributed by atoms with Crippen LogP contribution in [-0.2, 0) is 4.79 Å². The number of imide groups is 1. The van der Waals surface area contributed by atoms with Crippen molar-refractivity contribution in [2.75, 3.05) is 6.54 Å². The lowest BCUT2D eigenvalue weighted by Gasteiger charge is -2.19. The number of nitrogens with one attached hydrogen (secondary N) is 1. The predicted octanol–water partition coefficient (Wildman–Crippen LogP) is 0.489. The van der Waals surface area contributed by atoms with Gasteiger partial charge in [-0.05, 0) is 6.92 Å². The Morgan fingerprint density at radius 1 is 1.46 bits per heavy atom. The normalized spacial score (nSPS) is 23.7. The van der Waals surface area contributed by atoms with Crippen LogP contribution < -0.4 is 5.32 Å². The molecule has 13 heavy (non-hydrogen) atoms. The molecule has 1 rings (SSSR count). The minimum Gasteiger partial charge on any atom is -0.304 e. The lowest BCUT2D eigenvalue weighted by molar-refractivity contribution is -0.143. The van der Waals surface area contributed by atoms with Gasteiger partial charge in [0.05, 0.1) is 0 Å². The van der Waals surface area contributed by atoms with Gasteiger partial charge in [-0.1, -0.05) is 0 Å². The highest BCUT2D eigenvalue weighted by molar-refractivity contribution is 6.03. The number of carbonyl (C=O) groups is 2. The predicted molar refractivity (Wildman–Crippen MR) is 35.8 cm³/mol. The Morgan fingerprint density at radius 3 is 2.31 bits per heavy atom. The van der Waals surface area contributed by atoms with Crippen molar-refractivity contribution in [3.63, 3.8) is 0 Å². The molecular weight excluding hydrogens is 189 g/mol. The third kappa shape index (κ3) is 2.10. The van der Waals surface area contributed by atoms with E-state index in [0.29, 0.717) is 4.90 Å². The zero-order chi connectivity index (χ0) is 10.2. The largest absolute Gasteiger partial charge is 0.406 e. The van der Waals surface area contributed by atoms with Crippen molar-refractivity contribution < 1.29 is 22.8 Å². The fraction of sp³-hybridized carbons (Fsp3) is 0.667. The molecule has 1 atom stereocenters. The molecule has 74 valence electrons. The fourth-order valence-electron chi connectivity index (χ4n) is 1.00. The van der Waals surface area contributed by atoms with E-state index >= 15 is 0 Å². The first-order valence-corrected chi connectivity index (χ1v) is 3.49. The van der Waals surface area contributed by atoms with Crippen LogP contribution in [0, 0.1) is 0 Å². The number of hydrogen-bond acceptors (Lipinski definition) is 2. The average molecular weight is 196 g/mol. The van der Waals surface area contributed by atoms with E-state index < -0.39 is 30.7 Å². The van der Waals surface area contributed by atoms with Crippen LogP contribution in [0.1, 0.15) is 6.92 Å². The molecule has 0 aromatic rings. The van der Waals surface area contributed by atoms with E-state index in [9.17, 15) is 22.8 Å². The van der Waals surface area contributed by atoms with E-state index in [0.717, 1.165) is 0 Å². The van der Waals surface area contributed by atoms with Gasteiger partial charge in [-0.2, -0.15) is 13.2 Å². The standard InChI is InChI=1S/C6H7F3N2O2/c1-3-4(12)10-5(13)11(3)2-6(7,8)9/h3H,2H2,1H3,(H,10,12,13). The third-order valence-corrected chi connectivity index (χ3v) is 1.69. The molecule has 0 bridgehead atoms. The lowest BCUT2D eigenvalue weighted by atomic mass is 10.3. The molecule has 1 heterocycles. The molecule has 1 unspecified atom stereocenters. The summed E-state index contributed by atoms with van der Waals surface area (Å²) in [4.78, 5) is 22.0. The van der Waals surface area contributed by atoms with Gasteiger partial charge in [-0.15, -0.1) is 0 Å². The van der Waals surface area contributed by atoms with Crippen LogP contribution in [0.5, 0.6) is 0 Å². The van der Waals surface area contributed by atoms with Gasteiger partial charge < -0.3 is 4.90 Å². The van der Waals surface area contributed by atoms with E-state index in [1.807, 2.05) is 0 Å². The summed E-state index contributed by atoms with van der Waals surface area (Å²) in [5.74, 6) is -0.700. The van der Waals surface area contributed by atoms with Gasteiger partial charge in [0.25, 0.3) is 5.91 Å². The third-order valence-electron chi connectivity index (χ3n) is 1.69. The summed E-state index contributed by atoms with van der Waals surface area (Å²) in [6.07, 6.45) is -4.48. The molecule has 7 heteroatoms. The van der Waals surface area contributed by atoms with Crippen LogP contribution in [0.25, 0.3) is 0 Å². The Labute approximate surface area is 71.7 Å². The number of halogens is 3. The number of urea groups is 1. The van der Waals surface area contributed by atoms with Crippen LogP contribution in [0.15, 0.2) is 0 Å². The zero-order valence-electron chi connectivity index (χ0n) is 6.68. The molecule has 4 nitrogen and oxygen atoms in total. The second-order valence-corrected chi connectivity index (χ2v) is 2.71. The minimum atomic E-state index is -4.48. The Morgan fingerprint density at radius 2 is 2.00 bits per heavy atom. The first-order valence-electron chi connectivity index (χ1n) is 3.49. The highest BCUT2D eigenvalue weighted by Crippen LogP contribution is 2.20. The summed E-state index contributed by atoms with van der Waals surface area (Å²) in [5.41, 5.74) is 0. The Hall–Kier alpha value is -1.27. The van der Waals surface area contributed by atoms with Crippen molar-refractivity contribution in [3.8, 4) is 0 Å². The van der Waals surface area contributed by atoms with Crippen LogP contribution in [0.4, 0.5) is 18.0 Å². The van der Waals surface area contributed by atoms with Crippen molar-refractivity contribution in [3.05, 3.63) is 0 Å². The van der Waals surface area contributed by atoms with E-state index in [-0.39, 0.29) is 0 Å². The first-order chi connectivity index (χ1) is 5.81. The Kier molecular flexibility index (Phi) is 2.19. The van der Waals surface area contributed by atoms with Crippen molar-refractivity contribution in [1.82, 2.24) is 10.2 Å². The second kappa shape index (κ2) is 2.90. The average Bonchev–Trinajstić information content (AvgIpc) is 2.14. The van der Waals surface area contributed by atoms with Gasteiger partial charge in [0.15, 0.2) is 0 Å². The SMILES string of the molecule is CC1C(=O)NC(=O)N1CC(F)(F)F. The zero-order valence-corrected chi connectivity index (χ0v) is 6.68. The lowest BCUT2D eigenvalue weighted by Crippen LogP contribution is -2.40. The molecule has 1 aliphatic heterocycles.